The Bertz CT molecular complexity index is 494. The summed E-state index contributed by atoms with van der Waals surface area (Å²) < 4.78 is 1.67. The van der Waals surface area contributed by atoms with E-state index in [1.807, 2.05) is 6.07 Å². The Kier molecular flexibility index (Phi) is 3.81. The van der Waals surface area contributed by atoms with Crippen LogP contribution in [0.4, 0.5) is 5.95 Å². The van der Waals surface area contributed by atoms with Gasteiger partial charge in [-0.25, -0.2) is 4.52 Å². The number of hydrogen-bond acceptors (Lipinski definition) is 4. The predicted octanol–water partition coefficient (Wildman–Crippen LogP) is 1.79. The number of nitrogens with one attached hydrogen (secondary N) is 2. The van der Waals surface area contributed by atoms with E-state index in [0.29, 0.717) is 17.0 Å². The summed E-state index contributed by atoms with van der Waals surface area (Å²) in [4.78, 5) is 4.32. The van der Waals surface area contributed by atoms with Crippen LogP contribution in [-0.4, -0.2) is 33.7 Å². The fourth-order valence-electron chi connectivity index (χ4n) is 1.47. The van der Waals surface area contributed by atoms with Gasteiger partial charge in [0.25, 0.3) is 0 Å². The summed E-state index contributed by atoms with van der Waals surface area (Å²) in [7, 11) is 0. The smallest absolute Gasteiger partial charge is 0.243 e. The molecule has 0 aromatic carbocycles. The maximum atomic E-state index is 5.87. The molecule has 0 amide bonds. The quantitative estimate of drug-likeness (QED) is 0.798. The molecule has 0 aliphatic heterocycles. The van der Waals surface area contributed by atoms with E-state index in [1.54, 1.807) is 16.8 Å². The lowest BCUT2D eigenvalue weighted by Crippen LogP contribution is -2.28. The van der Waals surface area contributed by atoms with Crippen molar-refractivity contribution in [2.24, 2.45) is 0 Å². The lowest BCUT2D eigenvalue weighted by atomic mass is 10.4. The third kappa shape index (κ3) is 3.31. The lowest BCUT2D eigenvalue weighted by Gasteiger charge is -2.07. The Labute approximate surface area is 105 Å². The van der Waals surface area contributed by atoms with Gasteiger partial charge in [0.15, 0.2) is 5.65 Å². The Morgan fingerprint density at radius 3 is 2.94 bits per heavy atom. The van der Waals surface area contributed by atoms with Gasteiger partial charge in [-0.3, -0.25) is 0 Å². The van der Waals surface area contributed by atoms with Crippen LogP contribution in [0.15, 0.2) is 18.3 Å². The van der Waals surface area contributed by atoms with Crippen molar-refractivity contribution in [2.45, 2.75) is 19.9 Å². The second kappa shape index (κ2) is 5.33. The maximum absolute atomic E-state index is 5.87. The highest BCUT2D eigenvalue weighted by Gasteiger charge is 2.02. The van der Waals surface area contributed by atoms with Gasteiger partial charge in [-0.15, -0.1) is 5.10 Å². The number of fused-ring (bicyclic) bond motifs is 1. The van der Waals surface area contributed by atoms with Crippen molar-refractivity contribution in [3.05, 3.63) is 23.4 Å². The summed E-state index contributed by atoms with van der Waals surface area (Å²) in [6.45, 7) is 5.91. The topological polar surface area (TPSA) is 54.2 Å². The standard InChI is InChI=1S/C11H16ClN5/c1-8(2)13-5-6-14-11-15-10-4-3-9(12)7-17(10)16-11/h3-4,7-8,13H,5-6H2,1-2H3,(H,14,16). The van der Waals surface area contributed by atoms with Gasteiger partial charge in [0.05, 0.1) is 5.02 Å². The van der Waals surface area contributed by atoms with Crippen molar-refractivity contribution in [1.29, 1.82) is 0 Å². The molecule has 2 aromatic rings. The number of halogens is 1. The zero-order valence-corrected chi connectivity index (χ0v) is 10.7. The van der Waals surface area contributed by atoms with Crippen LogP contribution in [0.3, 0.4) is 0 Å². The Morgan fingerprint density at radius 1 is 1.35 bits per heavy atom. The zero-order valence-electron chi connectivity index (χ0n) is 9.94. The van der Waals surface area contributed by atoms with Gasteiger partial charge in [0, 0.05) is 25.3 Å². The van der Waals surface area contributed by atoms with Gasteiger partial charge < -0.3 is 10.6 Å². The molecule has 5 nitrogen and oxygen atoms in total. The molecule has 0 aliphatic rings. The molecule has 2 N–H and O–H groups in total. The van der Waals surface area contributed by atoms with Crippen molar-refractivity contribution in [1.82, 2.24) is 19.9 Å². The summed E-state index contributed by atoms with van der Waals surface area (Å²) in [5.41, 5.74) is 0.786. The summed E-state index contributed by atoms with van der Waals surface area (Å²) in [6, 6.07) is 4.13. The van der Waals surface area contributed by atoms with Crippen LogP contribution < -0.4 is 10.6 Å². The van der Waals surface area contributed by atoms with Crippen LogP contribution in [0.5, 0.6) is 0 Å². The van der Waals surface area contributed by atoms with Crippen LogP contribution in [0.2, 0.25) is 5.02 Å². The number of rotatable bonds is 5. The summed E-state index contributed by atoms with van der Waals surface area (Å²) >= 11 is 5.87. The molecule has 17 heavy (non-hydrogen) atoms. The average Bonchev–Trinajstić information content (AvgIpc) is 2.66. The molecule has 92 valence electrons. The van der Waals surface area contributed by atoms with Gasteiger partial charge in [0.2, 0.25) is 5.95 Å². The monoisotopic (exact) mass is 253 g/mol. The van der Waals surface area contributed by atoms with Gasteiger partial charge >= 0.3 is 0 Å². The molecule has 0 saturated heterocycles. The van der Waals surface area contributed by atoms with Crippen LogP contribution in [-0.2, 0) is 0 Å². The maximum Gasteiger partial charge on any atom is 0.243 e. The molecule has 6 heteroatoms. The first-order valence-corrected chi connectivity index (χ1v) is 6.02. The minimum absolute atomic E-state index is 0.490. The van der Waals surface area contributed by atoms with Gasteiger partial charge in [-0.1, -0.05) is 25.4 Å². The van der Waals surface area contributed by atoms with E-state index in [2.05, 4.69) is 34.6 Å². The van der Waals surface area contributed by atoms with Crippen LogP contribution in [0, 0.1) is 0 Å². The lowest BCUT2D eigenvalue weighted by molar-refractivity contribution is 0.601. The average molecular weight is 254 g/mol. The number of aromatic nitrogens is 3. The van der Waals surface area contributed by atoms with Gasteiger partial charge in [-0.2, -0.15) is 4.98 Å². The number of pyridine rings is 1. The molecule has 2 rings (SSSR count). The van der Waals surface area contributed by atoms with Crippen molar-refractivity contribution in [3.8, 4) is 0 Å². The molecule has 0 radical (unpaired) electrons. The van der Waals surface area contributed by atoms with Crippen LogP contribution in [0.25, 0.3) is 5.65 Å². The van der Waals surface area contributed by atoms with Gasteiger partial charge in [0.1, 0.15) is 0 Å². The van der Waals surface area contributed by atoms with E-state index in [1.165, 1.54) is 0 Å². The molecule has 0 atom stereocenters. The van der Waals surface area contributed by atoms with E-state index < -0.39 is 0 Å². The van der Waals surface area contributed by atoms with Crippen LogP contribution in [0.1, 0.15) is 13.8 Å². The fraction of sp³-hybridized carbons (Fsp3) is 0.455. The normalized spacial score (nSPS) is 11.3. The third-order valence-electron chi connectivity index (χ3n) is 2.26. The van der Waals surface area contributed by atoms with E-state index >= 15 is 0 Å². The molecular weight excluding hydrogens is 238 g/mol. The second-order valence-electron chi connectivity index (χ2n) is 4.12. The van der Waals surface area contributed by atoms with E-state index in [0.717, 1.165) is 18.7 Å². The first-order chi connectivity index (χ1) is 8.15. The van der Waals surface area contributed by atoms with E-state index in [4.69, 9.17) is 11.6 Å². The van der Waals surface area contributed by atoms with Crippen molar-refractivity contribution in [3.63, 3.8) is 0 Å². The first kappa shape index (κ1) is 12.1. The molecule has 0 unspecified atom stereocenters. The highest BCUT2D eigenvalue weighted by molar-refractivity contribution is 6.30. The Balaban J connectivity index is 1.95. The molecule has 0 aliphatic carbocycles. The molecule has 0 bridgehead atoms. The van der Waals surface area contributed by atoms with Crippen molar-refractivity contribution in [2.75, 3.05) is 18.4 Å². The number of hydrogen-bond donors (Lipinski definition) is 2. The fourth-order valence-corrected chi connectivity index (χ4v) is 1.62. The second-order valence-corrected chi connectivity index (χ2v) is 4.56. The minimum atomic E-state index is 0.490. The first-order valence-electron chi connectivity index (χ1n) is 5.64. The summed E-state index contributed by atoms with van der Waals surface area (Å²) in [5, 5.41) is 11.4. The molecule has 2 aromatic heterocycles. The minimum Gasteiger partial charge on any atom is -0.352 e. The van der Waals surface area contributed by atoms with Crippen molar-refractivity contribution < 1.29 is 0 Å². The molecular formula is C11H16ClN5. The van der Waals surface area contributed by atoms with Crippen molar-refractivity contribution >= 4 is 23.2 Å². The molecule has 0 fully saturated rings. The highest BCUT2D eigenvalue weighted by Crippen LogP contribution is 2.10. The predicted molar refractivity (Wildman–Crippen MR) is 69.6 cm³/mol. The summed E-state index contributed by atoms with van der Waals surface area (Å²) in [6.07, 6.45) is 1.74. The molecule has 2 heterocycles. The summed E-state index contributed by atoms with van der Waals surface area (Å²) in [5.74, 6) is 0.623. The number of anilines is 1. The Morgan fingerprint density at radius 2 is 2.18 bits per heavy atom. The zero-order chi connectivity index (χ0) is 12.3. The van der Waals surface area contributed by atoms with E-state index in [9.17, 15) is 0 Å². The Hall–Kier alpha value is -1.33. The van der Waals surface area contributed by atoms with Crippen LogP contribution >= 0.6 is 11.6 Å². The molecule has 0 spiro atoms. The number of nitrogens with zero attached hydrogens (tertiary/aromatic N) is 3. The largest absolute Gasteiger partial charge is 0.352 e. The highest BCUT2D eigenvalue weighted by atomic mass is 35.5. The SMILES string of the molecule is CC(C)NCCNc1nc2ccc(Cl)cn2n1. The van der Waals surface area contributed by atoms with E-state index in [-0.39, 0.29) is 0 Å². The third-order valence-corrected chi connectivity index (χ3v) is 2.48. The molecule has 0 saturated carbocycles. The van der Waals surface area contributed by atoms with Gasteiger partial charge in [-0.05, 0) is 12.1 Å².